The molecule has 0 heterocycles. The number of nitrogens with one attached hydrogen (secondary N) is 2. The quantitative estimate of drug-likeness (QED) is 0.753. The molecule has 2 aromatic carbocycles. The average Bonchev–Trinajstić information content (AvgIpc) is 2.63. The minimum absolute atomic E-state index is 0.0411. The second-order valence-electron chi connectivity index (χ2n) is 5.76. The molecule has 1 amide bonds. The lowest BCUT2D eigenvalue weighted by Crippen LogP contribution is -2.18. The Kier molecular flexibility index (Phi) is 6.57. The summed E-state index contributed by atoms with van der Waals surface area (Å²) < 4.78 is 4.70. The number of carbonyl (C=O) groups is 2. The molecule has 0 aliphatic heterocycles. The number of hydrogen-bond donors (Lipinski definition) is 2. The van der Waals surface area contributed by atoms with Crippen LogP contribution in [0.4, 0.5) is 11.4 Å². The molecular weight excluding hydrogens is 316 g/mol. The fourth-order valence-corrected chi connectivity index (χ4v) is 2.60. The molecule has 0 saturated heterocycles. The number of ether oxygens (including phenoxy) is 1. The van der Waals surface area contributed by atoms with Gasteiger partial charge in [0.1, 0.15) is 0 Å². The number of rotatable bonds is 7. The molecule has 2 aromatic rings. The normalized spacial score (nSPS) is 10.2. The van der Waals surface area contributed by atoms with Crippen LogP contribution in [0.15, 0.2) is 42.5 Å². The van der Waals surface area contributed by atoms with Gasteiger partial charge in [-0.25, -0.2) is 4.79 Å². The van der Waals surface area contributed by atoms with Crippen LogP contribution in [0.2, 0.25) is 0 Å². The van der Waals surface area contributed by atoms with E-state index in [1.807, 2.05) is 31.2 Å². The largest absolute Gasteiger partial charge is 0.465 e. The van der Waals surface area contributed by atoms with Gasteiger partial charge in [-0.1, -0.05) is 31.2 Å². The number of methoxy groups -OCH3 is 1. The Morgan fingerprint density at radius 1 is 1.12 bits per heavy atom. The summed E-state index contributed by atoms with van der Waals surface area (Å²) in [7, 11) is 1.35. The van der Waals surface area contributed by atoms with E-state index in [-0.39, 0.29) is 11.9 Å². The zero-order valence-electron chi connectivity index (χ0n) is 14.9. The fraction of sp³-hybridized carbons (Fsp3) is 0.300. The highest BCUT2D eigenvalue weighted by Gasteiger charge is 2.09. The van der Waals surface area contributed by atoms with Gasteiger partial charge in [-0.05, 0) is 42.7 Å². The van der Waals surface area contributed by atoms with Crippen LogP contribution in [0.3, 0.4) is 0 Å². The van der Waals surface area contributed by atoms with E-state index in [2.05, 4.69) is 17.6 Å². The molecule has 0 aliphatic rings. The van der Waals surface area contributed by atoms with E-state index in [0.29, 0.717) is 18.5 Å². The Balaban J connectivity index is 1.90. The van der Waals surface area contributed by atoms with Crippen LogP contribution in [0.25, 0.3) is 0 Å². The van der Waals surface area contributed by atoms with Crippen molar-refractivity contribution < 1.29 is 14.3 Å². The van der Waals surface area contributed by atoms with Gasteiger partial charge in [-0.2, -0.15) is 0 Å². The lowest BCUT2D eigenvalue weighted by atomic mass is 10.1. The van der Waals surface area contributed by atoms with E-state index in [9.17, 15) is 9.59 Å². The number of para-hydroxylation sites is 1. The Bertz CT molecular complexity index is 756. The number of esters is 1. The van der Waals surface area contributed by atoms with Crippen LogP contribution < -0.4 is 10.6 Å². The van der Waals surface area contributed by atoms with E-state index in [1.165, 1.54) is 7.11 Å². The third kappa shape index (κ3) is 5.08. The first-order chi connectivity index (χ1) is 12.0. The predicted octanol–water partition coefficient (Wildman–Crippen LogP) is 3.78. The van der Waals surface area contributed by atoms with Gasteiger partial charge in [0.05, 0.1) is 12.7 Å². The highest BCUT2D eigenvalue weighted by molar-refractivity contribution is 5.93. The van der Waals surface area contributed by atoms with Gasteiger partial charge in [0.25, 0.3) is 0 Å². The smallest absolute Gasteiger partial charge is 0.337 e. The summed E-state index contributed by atoms with van der Waals surface area (Å²) in [6.45, 7) is 4.54. The highest BCUT2D eigenvalue weighted by Crippen LogP contribution is 2.21. The van der Waals surface area contributed by atoms with Crippen molar-refractivity contribution in [2.75, 3.05) is 24.3 Å². The molecular formula is C20H24N2O3. The molecule has 0 fully saturated rings. The van der Waals surface area contributed by atoms with Gasteiger partial charge >= 0.3 is 5.97 Å². The van der Waals surface area contributed by atoms with Crippen LogP contribution >= 0.6 is 0 Å². The first kappa shape index (κ1) is 18.5. The van der Waals surface area contributed by atoms with E-state index in [4.69, 9.17) is 4.74 Å². The summed E-state index contributed by atoms with van der Waals surface area (Å²) in [6.07, 6.45) is 1.20. The van der Waals surface area contributed by atoms with Gasteiger partial charge in [0, 0.05) is 24.3 Å². The standard InChI is InChI=1S/C20H24N2O3/c1-4-15-8-5-7-14(2)19(15)22-18(23)11-12-21-17-10-6-9-16(13-17)20(24)25-3/h5-10,13,21H,4,11-12H2,1-3H3,(H,22,23). The summed E-state index contributed by atoms with van der Waals surface area (Å²) in [4.78, 5) is 23.7. The third-order valence-corrected chi connectivity index (χ3v) is 3.97. The molecule has 0 bridgehead atoms. The van der Waals surface area contributed by atoms with Gasteiger partial charge in [0.15, 0.2) is 0 Å². The maximum absolute atomic E-state index is 12.2. The van der Waals surface area contributed by atoms with E-state index < -0.39 is 0 Å². The molecule has 0 unspecified atom stereocenters. The van der Waals surface area contributed by atoms with Gasteiger partial charge in [-0.3, -0.25) is 4.79 Å². The van der Waals surface area contributed by atoms with E-state index >= 15 is 0 Å². The van der Waals surface area contributed by atoms with Gasteiger partial charge in [-0.15, -0.1) is 0 Å². The average molecular weight is 340 g/mol. The maximum Gasteiger partial charge on any atom is 0.337 e. The molecule has 0 aliphatic carbocycles. The van der Waals surface area contributed by atoms with Gasteiger partial charge < -0.3 is 15.4 Å². The Labute approximate surface area is 148 Å². The zero-order chi connectivity index (χ0) is 18.2. The zero-order valence-corrected chi connectivity index (χ0v) is 14.9. The van der Waals surface area contributed by atoms with E-state index in [0.717, 1.165) is 28.9 Å². The first-order valence-electron chi connectivity index (χ1n) is 8.35. The van der Waals surface area contributed by atoms with Crippen molar-refractivity contribution >= 4 is 23.3 Å². The molecule has 2 N–H and O–H groups in total. The van der Waals surface area contributed by atoms with Crippen molar-refractivity contribution in [2.24, 2.45) is 0 Å². The molecule has 2 rings (SSSR count). The fourth-order valence-electron chi connectivity index (χ4n) is 2.60. The minimum Gasteiger partial charge on any atom is -0.465 e. The third-order valence-electron chi connectivity index (χ3n) is 3.97. The lowest BCUT2D eigenvalue weighted by Gasteiger charge is -2.13. The number of carbonyl (C=O) groups excluding carboxylic acids is 2. The van der Waals surface area contributed by atoms with Crippen molar-refractivity contribution in [3.05, 3.63) is 59.2 Å². The molecule has 132 valence electrons. The minimum atomic E-state index is -0.381. The predicted molar refractivity (Wildman–Crippen MR) is 100 cm³/mol. The molecule has 0 aromatic heterocycles. The summed E-state index contributed by atoms with van der Waals surface area (Å²) >= 11 is 0. The Morgan fingerprint density at radius 2 is 1.88 bits per heavy atom. The van der Waals surface area contributed by atoms with E-state index in [1.54, 1.807) is 18.2 Å². The molecule has 0 spiro atoms. The summed E-state index contributed by atoms with van der Waals surface area (Å²) in [6, 6.07) is 13.0. The van der Waals surface area contributed by atoms with Crippen molar-refractivity contribution in [3.8, 4) is 0 Å². The number of benzene rings is 2. The van der Waals surface area contributed by atoms with Crippen LogP contribution in [0.5, 0.6) is 0 Å². The maximum atomic E-state index is 12.2. The van der Waals surface area contributed by atoms with Crippen LogP contribution in [0, 0.1) is 6.92 Å². The van der Waals surface area contributed by atoms with Crippen LogP contribution in [0.1, 0.15) is 34.8 Å². The molecule has 5 heteroatoms. The highest BCUT2D eigenvalue weighted by atomic mass is 16.5. The summed E-state index contributed by atoms with van der Waals surface area (Å²) in [5, 5.41) is 6.16. The monoisotopic (exact) mass is 340 g/mol. The SMILES string of the molecule is CCc1cccc(C)c1NC(=O)CCNc1cccc(C(=O)OC)c1. The van der Waals surface area contributed by atoms with Crippen LogP contribution in [-0.2, 0) is 16.0 Å². The first-order valence-corrected chi connectivity index (χ1v) is 8.35. The topological polar surface area (TPSA) is 67.4 Å². The Hall–Kier alpha value is -2.82. The van der Waals surface area contributed by atoms with Crippen molar-refractivity contribution in [1.29, 1.82) is 0 Å². The molecule has 0 radical (unpaired) electrons. The van der Waals surface area contributed by atoms with Crippen molar-refractivity contribution in [3.63, 3.8) is 0 Å². The molecule has 0 saturated carbocycles. The summed E-state index contributed by atoms with van der Waals surface area (Å²) in [5.74, 6) is -0.423. The van der Waals surface area contributed by atoms with Crippen molar-refractivity contribution in [2.45, 2.75) is 26.7 Å². The number of hydrogen-bond acceptors (Lipinski definition) is 4. The number of amides is 1. The number of aryl methyl sites for hydroxylation is 2. The molecule has 25 heavy (non-hydrogen) atoms. The van der Waals surface area contributed by atoms with Crippen LogP contribution in [-0.4, -0.2) is 25.5 Å². The summed E-state index contributed by atoms with van der Waals surface area (Å²) in [5.41, 5.74) is 4.35. The molecule has 0 atom stereocenters. The lowest BCUT2D eigenvalue weighted by molar-refractivity contribution is -0.116. The second kappa shape index (κ2) is 8.87. The van der Waals surface area contributed by atoms with Gasteiger partial charge in [0.2, 0.25) is 5.91 Å². The van der Waals surface area contributed by atoms with Crippen molar-refractivity contribution in [1.82, 2.24) is 0 Å². The molecule has 5 nitrogen and oxygen atoms in total. The number of anilines is 2. The second-order valence-corrected chi connectivity index (χ2v) is 5.76. The Morgan fingerprint density at radius 3 is 2.60 bits per heavy atom.